The summed E-state index contributed by atoms with van der Waals surface area (Å²) in [6.07, 6.45) is 3.55. The van der Waals surface area contributed by atoms with Crippen molar-refractivity contribution in [2.24, 2.45) is 0 Å². The van der Waals surface area contributed by atoms with Crippen LogP contribution < -0.4 is 0 Å². The summed E-state index contributed by atoms with van der Waals surface area (Å²) in [6.45, 7) is 10.9. The van der Waals surface area contributed by atoms with Gasteiger partial charge in [0.2, 0.25) is 13.6 Å². The van der Waals surface area contributed by atoms with Crippen LogP contribution in [0.1, 0.15) is 48.9 Å². The van der Waals surface area contributed by atoms with Crippen LogP contribution in [0.5, 0.6) is 0 Å². The van der Waals surface area contributed by atoms with Crippen molar-refractivity contribution in [3.8, 4) is 0 Å². The van der Waals surface area contributed by atoms with Crippen LogP contribution in [0.2, 0.25) is 0 Å². The Morgan fingerprint density at radius 2 is 1.34 bits per heavy atom. The van der Waals surface area contributed by atoms with Crippen LogP contribution in [0.4, 0.5) is 0 Å². The fourth-order valence-electron chi connectivity index (χ4n) is 2.61. The largest absolute Gasteiger partial charge is 0.428 e. The maximum Gasteiger partial charge on any atom is 0.316 e. The third-order valence-electron chi connectivity index (χ3n) is 4.48. The van der Waals surface area contributed by atoms with Gasteiger partial charge in [-0.1, -0.05) is 73.8 Å². The fraction of sp³-hybridized carbons (Fsp3) is 0.259. The predicted octanol–water partition coefficient (Wildman–Crippen LogP) is 4.43. The summed E-state index contributed by atoms with van der Waals surface area (Å²) in [5.74, 6) is -2.25. The van der Waals surface area contributed by atoms with E-state index in [4.69, 9.17) is 9.47 Å². The molecule has 2 aromatic rings. The van der Waals surface area contributed by atoms with Gasteiger partial charge in [0.15, 0.2) is 0 Å². The van der Waals surface area contributed by atoms with E-state index in [-0.39, 0.29) is 20.0 Å². The molecule has 1 unspecified atom stereocenters. The molecule has 0 aliphatic rings. The van der Waals surface area contributed by atoms with Crippen LogP contribution >= 0.6 is 0 Å². The molecule has 35 heavy (non-hydrogen) atoms. The van der Waals surface area contributed by atoms with Crippen molar-refractivity contribution >= 4 is 36.0 Å². The van der Waals surface area contributed by atoms with Crippen molar-refractivity contribution in [2.45, 2.75) is 33.1 Å². The van der Waals surface area contributed by atoms with Gasteiger partial charge < -0.3 is 18.9 Å². The summed E-state index contributed by atoms with van der Waals surface area (Å²) in [5.41, 5.74) is 3.54. The fourth-order valence-corrected chi connectivity index (χ4v) is 2.61. The molecule has 0 heterocycles. The Labute approximate surface area is 205 Å². The number of benzene rings is 2. The van der Waals surface area contributed by atoms with Crippen LogP contribution in [-0.4, -0.2) is 37.5 Å². The summed E-state index contributed by atoms with van der Waals surface area (Å²) in [6, 6.07) is 14.8. The summed E-state index contributed by atoms with van der Waals surface area (Å²) >= 11 is 0. The summed E-state index contributed by atoms with van der Waals surface area (Å²) in [7, 11) is 0. The standard InChI is InChI=1S/C14H16O4.C13H14O4/c1-4-12-6-5-7-13(8-12)10(2)14(16)18-9-17-11(3)15;1-3-11-5-4-6-12(7-11)8-13(15)17-9-16-10(2)14/h4-8,10H,1,9H2,2-3H3;3-7H,1,8-9H2,2H3. The van der Waals surface area contributed by atoms with Gasteiger partial charge in [-0.2, -0.15) is 0 Å². The van der Waals surface area contributed by atoms with E-state index in [1.54, 1.807) is 19.1 Å². The van der Waals surface area contributed by atoms with Crippen LogP contribution in [0.15, 0.2) is 61.7 Å². The SMILES string of the molecule is C=Cc1cccc(C(C)C(=O)OCOC(C)=O)c1.C=Cc1cccc(CC(=O)OCOC(C)=O)c1. The topological polar surface area (TPSA) is 105 Å². The molecule has 0 aromatic heterocycles. The Hall–Kier alpha value is -4.20. The first-order valence-corrected chi connectivity index (χ1v) is 10.7. The van der Waals surface area contributed by atoms with E-state index in [0.29, 0.717) is 0 Å². The van der Waals surface area contributed by atoms with Crippen molar-refractivity contribution in [2.75, 3.05) is 13.6 Å². The van der Waals surface area contributed by atoms with Crippen molar-refractivity contribution in [1.29, 1.82) is 0 Å². The maximum absolute atomic E-state index is 11.7. The Morgan fingerprint density at radius 3 is 1.91 bits per heavy atom. The van der Waals surface area contributed by atoms with Gasteiger partial charge in [0.1, 0.15) is 0 Å². The second-order valence-corrected chi connectivity index (χ2v) is 7.21. The van der Waals surface area contributed by atoms with E-state index in [0.717, 1.165) is 22.3 Å². The second-order valence-electron chi connectivity index (χ2n) is 7.21. The van der Waals surface area contributed by atoms with Crippen LogP contribution in [0.3, 0.4) is 0 Å². The van der Waals surface area contributed by atoms with Crippen LogP contribution in [0.25, 0.3) is 12.2 Å². The molecule has 0 aliphatic carbocycles. The van der Waals surface area contributed by atoms with Gasteiger partial charge in [-0.3, -0.25) is 19.2 Å². The van der Waals surface area contributed by atoms with Gasteiger partial charge >= 0.3 is 23.9 Å². The molecule has 0 amide bonds. The second kappa shape index (κ2) is 15.6. The average Bonchev–Trinajstić information content (AvgIpc) is 2.83. The molecule has 0 bridgehead atoms. The van der Waals surface area contributed by atoms with Gasteiger partial charge in [0.25, 0.3) is 0 Å². The first-order valence-electron chi connectivity index (χ1n) is 10.7. The highest BCUT2D eigenvalue weighted by Crippen LogP contribution is 2.18. The lowest BCUT2D eigenvalue weighted by Crippen LogP contribution is -2.16. The lowest BCUT2D eigenvalue weighted by atomic mass is 9.99. The van der Waals surface area contributed by atoms with Crippen molar-refractivity contribution in [1.82, 2.24) is 0 Å². The van der Waals surface area contributed by atoms with Gasteiger partial charge in [-0.25, -0.2) is 0 Å². The first-order chi connectivity index (χ1) is 16.7. The predicted molar refractivity (Wildman–Crippen MR) is 131 cm³/mol. The van der Waals surface area contributed by atoms with E-state index in [1.807, 2.05) is 48.5 Å². The molecule has 0 radical (unpaired) electrons. The van der Waals surface area contributed by atoms with Crippen LogP contribution in [0, 0.1) is 0 Å². The van der Waals surface area contributed by atoms with Gasteiger partial charge in [-0.05, 0) is 29.2 Å². The zero-order chi connectivity index (χ0) is 26.2. The van der Waals surface area contributed by atoms with Crippen molar-refractivity contribution < 1.29 is 38.1 Å². The molecule has 0 saturated heterocycles. The van der Waals surface area contributed by atoms with E-state index in [1.165, 1.54) is 13.8 Å². The van der Waals surface area contributed by atoms with E-state index < -0.39 is 29.8 Å². The zero-order valence-electron chi connectivity index (χ0n) is 20.2. The van der Waals surface area contributed by atoms with Crippen LogP contribution in [-0.2, 0) is 44.5 Å². The molecule has 0 spiro atoms. The Kier molecular flexibility index (Phi) is 12.9. The number of esters is 4. The van der Waals surface area contributed by atoms with Gasteiger partial charge in [-0.15, -0.1) is 0 Å². The molecule has 8 nitrogen and oxygen atoms in total. The molecule has 1 atom stereocenters. The quantitative estimate of drug-likeness (QED) is 0.362. The number of rotatable bonds is 10. The third-order valence-corrected chi connectivity index (χ3v) is 4.48. The smallest absolute Gasteiger partial charge is 0.316 e. The Balaban J connectivity index is 0.000000351. The monoisotopic (exact) mass is 482 g/mol. The van der Waals surface area contributed by atoms with Crippen molar-refractivity contribution in [3.63, 3.8) is 0 Å². The lowest BCUT2D eigenvalue weighted by molar-refractivity contribution is -0.167. The molecule has 0 N–H and O–H groups in total. The van der Waals surface area contributed by atoms with Crippen molar-refractivity contribution in [3.05, 3.63) is 83.9 Å². The molecule has 2 aromatic carbocycles. The third kappa shape index (κ3) is 12.0. The minimum absolute atomic E-state index is 0.142. The average molecular weight is 483 g/mol. The Bertz CT molecular complexity index is 1040. The summed E-state index contributed by atoms with van der Waals surface area (Å²) < 4.78 is 18.6. The van der Waals surface area contributed by atoms with Gasteiger partial charge in [0, 0.05) is 13.8 Å². The normalized spacial score (nSPS) is 10.5. The Morgan fingerprint density at radius 1 is 0.800 bits per heavy atom. The highest BCUT2D eigenvalue weighted by molar-refractivity contribution is 5.78. The molecule has 0 saturated carbocycles. The minimum Gasteiger partial charge on any atom is -0.428 e. The molecule has 2 rings (SSSR count). The van der Waals surface area contributed by atoms with Gasteiger partial charge in [0.05, 0.1) is 12.3 Å². The van der Waals surface area contributed by atoms with E-state index >= 15 is 0 Å². The summed E-state index contributed by atoms with van der Waals surface area (Å²) in [4.78, 5) is 44.0. The highest BCUT2D eigenvalue weighted by Gasteiger charge is 2.17. The van der Waals surface area contributed by atoms with E-state index in [9.17, 15) is 19.2 Å². The maximum atomic E-state index is 11.7. The van der Waals surface area contributed by atoms with E-state index in [2.05, 4.69) is 22.6 Å². The molecule has 0 aliphatic heterocycles. The summed E-state index contributed by atoms with van der Waals surface area (Å²) in [5, 5.41) is 0. The number of carbonyl (C=O) groups excluding carboxylic acids is 4. The first kappa shape index (κ1) is 28.8. The molecular formula is C27H30O8. The molecule has 8 heteroatoms. The number of ether oxygens (including phenoxy) is 4. The molecule has 186 valence electrons. The molecule has 0 fully saturated rings. The zero-order valence-corrected chi connectivity index (χ0v) is 20.2. The minimum atomic E-state index is -0.482. The molecular weight excluding hydrogens is 452 g/mol. The highest BCUT2D eigenvalue weighted by atomic mass is 16.7. The lowest BCUT2D eigenvalue weighted by Gasteiger charge is -2.12. The number of hydrogen-bond acceptors (Lipinski definition) is 8. The number of carbonyl (C=O) groups is 4. The number of hydrogen-bond donors (Lipinski definition) is 0.